The van der Waals surface area contributed by atoms with Crippen molar-refractivity contribution in [2.45, 2.75) is 32.4 Å². The van der Waals surface area contributed by atoms with Gasteiger partial charge < -0.3 is 19.6 Å². The molecular formula is C20H23N5O4. The fraction of sp³-hybridized carbons (Fsp3) is 0.400. The van der Waals surface area contributed by atoms with Gasteiger partial charge in [0.05, 0.1) is 30.1 Å². The number of fused-ring (bicyclic) bond motifs is 1. The van der Waals surface area contributed by atoms with Crippen molar-refractivity contribution < 1.29 is 14.1 Å². The summed E-state index contributed by atoms with van der Waals surface area (Å²) in [6.07, 6.45) is 2.01. The van der Waals surface area contributed by atoms with Gasteiger partial charge in [-0.1, -0.05) is 17.3 Å². The topological polar surface area (TPSA) is 113 Å². The number of aromatic nitrogens is 3. The molecule has 3 heterocycles. The van der Waals surface area contributed by atoms with Crippen LogP contribution in [-0.2, 0) is 16.1 Å². The lowest BCUT2D eigenvalue weighted by Crippen LogP contribution is -2.38. The number of carbonyl (C=O) groups excluding carboxylic acids is 1. The summed E-state index contributed by atoms with van der Waals surface area (Å²) < 4.78 is 10.7. The molecule has 0 radical (unpaired) electrons. The largest absolute Gasteiger partial charge is 0.377 e. The summed E-state index contributed by atoms with van der Waals surface area (Å²) in [4.78, 5) is 34.2. The van der Waals surface area contributed by atoms with E-state index in [0.717, 1.165) is 19.4 Å². The van der Waals surface area contributed by atoms with Crippen molar-refractivity contribution in [1.29, 1.82) is 0 Å². The predicted molar refractivity (Wildman–Crippen MR) is 106 cm³/mol. The van der Waals surface area contributed by atoms with Gasteiger partial charge in [0.1, 0.15) is 11.6 Å². The normalized spacial score (nSPS) is 16.6. The van der Waals surface area contributed by atoms with Gasteiger partial charge in [-0.2, -0.15) is 0 Å². The summed E-state index contributed by atoms with van der Waals surface area (Å²) in [5, 5.41) is 7.06. The molecule has 1 atom stereocenters. The SMILES string of the molecule is Cc1cc(NC(=O)CN(Cc2nc3ccccc3c(=O)[nH]2)C[C@@H]2CCCO2)no1. The molecule has 3 aromatic rings. The average molecular weight is 397 g/mol. The maximum absolute atomic E-state index is 12.5. The molecule has 0 unspecified atom stereocenters. The van der Waals surface area contributed by atoms with E-state index in [2.05, 4.69) is 20.4 Å². The zero-order chi connectivity index (χ0) is 20.2. The number of benzene rings is 1. The van der Waals surface area contributed by atoms with Gasteiger partial charge in [0, 0.05) is 19.2 Å². The first-order valence-corrected chi connectivity index (χ1v) is 9.62. The van der Waals surface area contributed by atoms with Gasteiger partial charge in [0.2, 0.25) is 5.91 Å². The van der Waals surface area contributed by atoms with Gasteiger partial charge in [-0.15, -0.1) is 0 Å². The van der Waals surface area contributed by atoms with E-state index < -0.39 is 0 Å². The third-order valence-corrected chi connectivity index (χ3v) is 4.78. The number of anilines is 1. The molecule has 1 amide bonds. The lowest BCUT2D eigenvalue weighted by atomic mass is 10.2. The molecule has 4 rings (SSSR count). The fourth-order valence-corrected chi connectivity index (χ4v) is 3.49. The molecule has 0 bridgehead atoms. The highest BCUT2D eigenvalue weighted by molar-refractivity contribution is 5.91. The van der Waals surface area contributed by atoms with Gasteiger partial charge in [0.15, 0.2) is 5.82 Å². The van der Waals surface area contributed by atoms with Crippen LogP contribution in [0.4, 0.5) is 5.82 Å². The Bertz CT molecular complexity index is 1050. The van der Waals surface area contributed by atoms with E-state index in [1.54, 1.807) is 31.2 Å². The highest BCUT2D eigenvalue weighted by Gasteiger charge is 2.22. The van der Waals surface area contributed by atoms with E-state index in [1.165, 1.54) is 0 Å². The molecule has 29 heavy (non-hydrogen) atoms. The molecule has 1 saturated heterocycles. The molecule has 1 aliphatic heterocycles. The minimum Gasteiger partial charge on any atom is -0.377 e. The first-order valence-electron chi connectivity index (χ1n) is 9.62. The van der Waals surface area contributed by atoms with Crippen LogP contribution >= 0.6 is 0 Å². The number of nitrogens with one attached hydrogen (secondary N) is 2. The lowest BCUT2D eigenvalue weighted by molar-refractivity contribution is -0.117. The molecule has 0 spiro atoms. The van der Waals surface area contributed by atoms with Gasteiger partial charge in [-0.05, 0) is 31.9 Å². The minimum atomic E-state index is -0.223. The second-order valence-electron chi connectivity index (χ2n) is 7.21. The summed E-state index contributed by atoms with van der Waals surface area (Å²) in [5.41, 5.74) is 0.441. The van der Waals surface area contributed by atoms with Crippen LogP contribution in [0.5, 0.6) is 0 Å². The Morgan fingerprint density at radius 3 is 3.00 bits per heavy atom. The molecule has 0 aliphatic carbocycles. The summed E-state index contributed by atoms with van der Waals surface area (Å²) in [6.45, 7) is 3.50. The van der Waals surface area contributed by atoms with Gasteiger partial charge in [-0.25, -0.2) is 4.98 Å². The molecule has 2 aromatic heterocycles. The van der Waals surface area contributed by atoms with E-state index in [9.17, 15) is 9.59 Å². The smallest absolute Gasteiger partial charge is 0.258 e. The van der Waals surface area contributed by atoms with E-state index >= 15 is 0 Å². The quantitative estimate of drug-likeness (QED) is 0.625. The highest BCUT2D eigenvalue weighted by Crippen LogP contribution is 2.15. The van der Waals surface area contributed by atoms with Crippen LogP contribution in [0.15, 0.2) is 39.6 Å². The fourth-order valence-electron chi connectivity index (χ4n) is 3.49. The minimum absolute atomic E-state index is 0.0595. The Morgan fingerprint density at radius 2 is 2.24 bits per heavy atom. The van der Waals surface area contributed by atoms with Crippen molar-refractivity contribution in [3.8, 4) is 0 Å². The van der Waals surface area contributed by atoms with Gasteiger partial charge in [0.25, 0.3) is 5.56 Å². The zero-order valence-corrected chi connectivity index (χ0v) is 16.2. The number of para-hydroxylation sites is 1. The second-order valence-corrected chi connectivity index (χ2v) is 7.21. The van der Waals surface area contributed by atoms with Crippen molar-refractivity contribution >= 4 is 22.6 Å². The van der Waals surface area contributed by atoms with Crippen molar-refractivity contribution in [2.24, 2.45) is 0 Å². The highest BCUT2D eigenvalue weighted by atomic mass is 16.5. The lowest BCUT2D eigenvalue weighted by Gasteiger charge is -2.24. The van der Waals surface area contributed by atoms with Crippen LogP contribution in [0.3, 0.4) is 0 Å². The van der Waals surface area contributed by atoms with Crippen LogP contribution in [0, 0.1) is 6.92 Å². The second kappa shape index (κ2) is 8.54. The van der Waals surface area contributed by atoms with Crippen molar-refractivity contribution in [3.05, 3.63) is 52.3 Å². The average Bonchev–Trinajstić information content (AvgIpc) is 3.33. The van der Waals surface area contributed by atoms with E-state index in [4.69, 9.17) is 9.26 Å². The van der Waals surface area contributed by atoms with Crippen LogP contribution < -0.4 is 10.9 Å². The Morgan fingerprint density at radius 1 is 1.38 bits per heavy atom. The third kappa shape index (κ3) is 4.87. The van der Waals surface area contributed by atoms with Crippen LogP contribution in [0.1, 0.15) is 24.4 Å². The molecular weight excluding hydrogens is 374 g/mol. The van der Waals surface area contributed by atoms with Gasteiger partial charge in [-0.3, -0.25) is 14.5 Å². The number of amides is 1. The summed E-state index contributed by atoms with van der Waals surface area (Å²) in [7, 11) is 0. The number of carbonyl (C=O) groups is 1. The van der Waals surface area contributed by atoms with Gasteiger partial charge >= 0.3 is 0 Å². The molecule has 9 nitrogen and oxygen atoms in total. The molecule has 9 heteroatoms. The van der Waals surface area contributed by atoms with Crippen LogP contribution in [0.2, 0.25) is 0 Å². The van der Waals surface area contributed by atoms with Crippen LogP contribution in [-0.4, -0.2) is 51.7 Å². The third-order valence-electron chi connectivity index (χ3n) is 4.78. The first-order chi connectivity index (χ1) is 14.1. The first kappa shape index (κ1) is 19.3. The number of aromatic amines is 1. The maximum atomic E-state index is 12.5. The number of hydrogen-bond donors (Lipinski definition) is 2. The number of ether oxygens (including phenoxy) is 1. The number of nitrogens with zero attached hydrogens (tertiary/aromatic N) is 3. The Labute approximate surface area is 167 Å². The van der Waals surface area contributed by atoms with Crippen molar-refractivity contribution in [2.75, 3.05) is 25.0 Å². The number of H-pyrrole nitrogens is 1. The molecule has 1 aromatic carbocycles. The van der Waals surface area contributed by atoms with E-state index in [0.29, 0.717) is 41.4 Å². The van der Waals surface area contributed by atoms with E-state index in [1.807, 2.05) is 11.0 Å². The number of rotatable bonds is 7. The number of hydrogen-bond acceptors (Lipinski definition) is 7. The monoisotopic (exact) mass is 397 g/mol. The van der Waals surface area contributed by atoms with Crippen molar-refractivity contribution in [3.63, 3.8) is 0 Å². The zero-order valence-electron chi connectivity index (χ0n) is 16.2. The Balaban J connectivity index is 1.50. The molecule has 2 N–H and O–H groups in total. The molecule has 1 aliphatic rings. The summed E-state index contributed by atoms with van der Waals surface area (Å²) in [5.74, 6) is 1.28. The summed E-state index contributed by atoms with van der Waals surface area (Å²) in [6, 6.07) is 8.85. The molecule has 0 saturated carbocycles. The Hall–Kier alpha value is -3.04. The maximum Gasteiger partial charge on any atom is 0.258 e. The summed E-state index contributed by atoms with van der Waals surface area (Å²) >= 11 is 0. The molecule has 152 valence electrons. The predicted octanol–water partition coefficient (Wildman–Crippen LogP) is 1.84. The number of aryl methyl sites for hydroxylation is 1. The Kier molecular flexibility index (Phi) is 5.68. The molecule has 1 fully saturated rings. The van der Waals surface area contributed by atoms with E-state index in [-0.39, 0.29) is 24.1 Å². The standard InChI is InChI=1S/C20H23N5O4/c1-13-9-17(24-29-13)22-19(26)12-25(10-14-5-4-8-28-14)11-18-21-16-7-3-2-6-15(16)20(27)23-18/h2-3,6-7,9,14H,4-5,8,10-12H2,1H3,(H,21,23,27)(H,22,24,26)/t14-/m0/s1. The van der Waals surface area contributed by atoms with Crippen molar-refractivity contribution in [1.82, 2.24) is 20.0 Å². The van der Waals surface area contributed by atoms with Crippen LogP contribution in [0.25, 0.3) is 10.9 Å².